The van der Waals surface area contributed by atoms with E-state index >= 15 is 0 Å². The number of carbonyl (C=O) groups is 2. The molecule has 1 N–H and O–H groups in total. The van der Waals surface area contributed by atoms with Crippen molar-refractivity contribution in [3.8, 4) is 11.5 Å². The quantitative estimate of drug-likeness (QED) is 0.169. The first-order valence-corrected chi connectivity index (χ1v) is 13.9. The highest BCUT2D eigenvalue weighted by atomic mass is 16.5. The molecule has 0 unspecified atom stereocenters. The van der Waals surface area contributed by atoms with Crippen LogP contribution in [0.15, 0.2) is 127 Å². The SMILES string of the molecule is Cc1c(OCc2ccccc2)cccc1C(=O)O.Cc1c(OCc2ccccc2)cccc1C(=O)OCc1ccccc1. The third-order valence-electron chi connectivity index (χ3n) is 6.71. The number of hydrogen-bond acceptors (Lipinski definition) is 5. The van der Waals surface area contributed by atoms with Crippen molar-refractivity contribution in [3.05, 3.63) is 166 Å². The molecular formula is C37H34O6. The van der Waals surface area contributed by atoms with E-state index < -0.39 is 5.97 Å². The summed E-state index contributed by atoms with van der Waals surface area (Å²) in [5.74, 6) is 0.0287. The van der Waals surface area contributed by atoms with E-state index in [1.165, 1.54) is 0 Å². The molecule has 0 radical (unpaired) electrons. The summed E-state index contributed by atoms with van der Waals surface area (Å²) in [5.41, 5.74) is 5.35. The molecule has 0 aromatic heterocycles. The first kappa shape index (κ1) is 30.6. The molecule has 0 aliphatic carbocycles. The number of carbonyl (C=O) groups excluding carboxylic acids is 1. The van der Waals surface area contributed by atoms with Crippen LogP contribution in [-0.4, -0.2) is 17.0 Å². The number of ether oxygens (including phenoxy) is 3. The minimum absolute atomic E-state index is 0.258. The van der Waals surface area contributed by atoms with Gasteiger partial charge in [-0.15, -0.1) is 0 Å². The van der Waals surface area contributed by atoms with E-state index in [2.05, 4.69) is 0 Å². The van der Waals surface area contributed by atoms with Gasteiger partial charge in [0.2, 0.25) is 0 Å². The molecule has 0 saturated heterocycles. The van der Waals surface area contributed by atoms with Crippen LogP contribution < -0.4 is 9.47 Å². The lowest BCUT2D eigenvalue weighted by atomic mass is 10.1. The number of benzene rings is 5. The molecule has 0 spiro atoms. The molecule has 6 heteroatoms. The molecule has 0 fully saturated rings. The second-order valence-corrected chi connectivity index (χ2v) is 9.77. The van der Waals surface area contributed by atoms with Gasteiger partial charge in [-0.2, -0.15) is 0 Å². The van der Waals surface area contributed by atoms with Crippen molar-refractivity contribution in [1.29, 1.82) is 0 Å². The highest BCUT2D eigenvalue weighted by molar-refractivity contribution is 5.92. The van der Waals surface area contributed by atoms with Crippen molar-refractivity contribution >= 4 is 11.9 Å². The van der Waals surface area contributed by atoms with Gasteiger partial charge < -0.3 is 19.3 Å². The Bertz CT molecular complexity index is 1620. The number of carboxylic acid groups (broad SMARTS) is 1. The summed E-state index contributed by atoms with van der Waals surface area (Å²) in [6, 6.07) is 39.8. The fraction of sp³-hybridized carbons (Fsp3) is 0.135. The first-order chi connectivity index (χ1) is 20.9. The Balaban J connectivity index is 0.000000208. The standard InChI is InChI=1S/C22H20O3.C15H14O3/c1-17-20(22(23)25-16-19-11-6-3-7-12-19)13-8-14-21(17)24-15-18-9-4-2-5-10-18;1-11-13(15(16)17)8-5-9-14(11)18-10-12-6-3-2-4-7-12/h2-14H,15-16H2,1H3;2-9H,10H2,1H3,(H,16,17). The molecule has 6 nitrogen and oxygen atoms in total. The van der Waals surface area contributed by atoms with Crippen molar-refractivity contribution in [2.24, 2.45) is 0 Å². The van der Waals surface area contributed by atoms with Gasteiger partial charge in [-0.3, -0.25) is 0 Å². The van der Waals surface area contributed by atoms with E-state index in [9.17, 15) is 9.59 Å². The van der Waals surface area contributed by atoms with Crippen LogP contribution in [0.1, 0.15) is 48.5 Å². The lowest BCUT2D eigenvalue weighted by Crippen LogP contribution is -2.08. The molecule has 218 valence electrons. The summed E-state index contributed by atoms with van der Waals surface area (Å²) < 4.78 is 16.9. The molecule has 5 rings (SSSR count). The average molecular weight is 575 g/mol. The third kappa shape index (κ3) is 9.07. The van der Waals surface area contributed by atoms with Gasteiger partial charge in [-0.1, -0.05) is 103 Å². The maximum atomic E-state index is 12.4. The highest BCUT2D eigenvalue weighted by Crippen LogP contribution is 2.24. The third-order valence-corrected chi connectivity index (χ3v) is 6.71. The average Bonchev–Trinajstić information content (AvgIpc) is 3.04. The van der Waals surface area contributed by atoms with Crippen LogP contribution in [0.25, 0.3) is 0 Å². The fourth-order valence-corrected chi connectivity index (χ4v) is 4.27. The van der Waals surface area contributed by atoms with Gasteiger partial charge >= 0.3 is 11.9 Å². The van der Waals surface area contributed by atoms with Crippen LogP contribution in [0.4, 0.5) is 0 Å². The van der Waals surface area contributed by atoms with Gasteiger partial charge in [0, 0.05) is 11.1 Å². The van der Waals surface area contributed by atoms with Crippen molar-refractivity contribution in [2.45, 2.75) is 33.7 Å². The summed E-state index contributed by atoms with van der Waals surface area (Å²) in [6.45, 7) is 4.78. The predicted molar refractivity (Wildman–Crippen MR) is 166 cm³/mol. The molecule has 0 heterocycles. The van der Waals surface area contributed by atoms with Crippen molar-refractivity contribution in [2.75, 3.05) is 0 Å². The molecular weight excluding hydrogens is 540 g/mol. The Morgan fingerprint density at radius 3 is 1.35 bits per heavy atom. The van der Waals surface area contributed by atoms with E-state index in [-0.39, 0.29) is 18.1 Å². The Morgan fingerprint density at radius 2 is 0.907 bits per heavy atom. The smallest absolute Gasteiger partial charge is 0.338 e. The summed E-state index contributed by atoms with van der Waals surface area (Å²) in [7, 11) is 0. The predicted octanol–water partition coefficient (Wildman–Crippen LogP) is 8.20. The number of esters is 1. The van der Waals surface area contributed by atoms with Crippen LogP contribution in [-0.2, 0) is 24.6 Å². The molecule has 0 amide bonds. The number of hydrogen-bond donors (Lipinski definition) is 1. The van der Waals surface area contributed by atoms with Crippen LogP contribution in [0, 0.1) is 13.8 Å². The second-order valence-electron chi connectivity index (χ2n) is 9.77. The molecule has 0 atom stereocenters. The van der Waals surface area contributed by atoms with Gasteiger partial charge in [-0.25, -0.2) is 9.59 Å². The Hall–Kier alpha value is -5.36. The van der Waals surface area contributed by atoms with E-state index in [0.717, 1.165) is 22.3 Å². The fourth-order valence-electron chi connectivity index (χ4n) is 4.27. The van der Waals surface area contributed by atoms with Gasteiger partial charge in [0.15, 0.2) is 0 Å². The zero-order valence-corrected chi connectivity index (χ0v) is 24.2. The van der Waals surface area contributed by atoms with Crippen LogP contribution in [0.3, 0.4) is 0 Å². The number of rotatable bonds is 10. The van der Waals surface area contributed by atoms with E-state index in [0.29, 0.717) is 35.8 Å². The van der Waals surface area contributed by atoms with Gasteiger partial charge in [-0.05, 0) is 54.8 Å². The topological polar surface area (TPSA) is 82.1 Å². The van der Waals surface area contributed by atoms with Crippen LogP contribution >= 0.6 is 0 Å². The van der Waals surface area contributed by atoms with Gasteiger partial charge in [0.05, 0.1) is 11.1 Å². The zero-order chi connectivity index (χ0) is 30.4. The number of aromatic carboxylic acids is 1. The monoisotopic (exact) mass is 574 g/mol. The Kier molecular flexibility index (Phi) is 11.1. The van der Waals surface area contributed by atoms with Crippen molar-refractivity contribution in [3.63, 3.8) is 0 Å². The van der Waals surface area contributed by atoms with Crippen LogP contribution in [0.2, 0.25) is 0 Å². The van der Waals surface area contributed by atoms with Gasteiger partial charge in [0.25, 0.3) is 0 Å². The molecule has 5 aromatic rings. The highest BCUT2D eigenvalue weighted by Gasteiger charge is 2.14. The lowest BCUT2D eigenvalue weighted by Gasteiger charge is -2.12. The second kappa shape index (κ2) is 15.6. The molecule has 43 heavy (non-hydrogen) atoms. The molecule has 5 aromatic carbocycles. The van der Waals surface area contributed by atoms with E-state index in [4.69, 9.17) is 19.3 Å². The summed E-state index contributed by atoms with van der Waals surface area (Å²) >= 11 is 0. The largest absolute Gasteiger partial charge is 0.489 e. The zero-order valence-electron chi connectivity index (χ0n) is 24.2. The minimum atomic E-state index is -0.933. The first-order valence-electron chi connectivity index (χ1n) is 13.9. The van der Waals surface area contributed by atoms with Crippen molar-refractivity contribution in [1.82, 2.24) is 0 Å². The lowest BCUT2D eigenvalue weighted by molar-refractivity contribution is 0.0471. The van der Waals surface area contributed by atoms with E-state index in [1.54, 1.807) is 31.2 Å². The molecule has 0 aliphatic rings. The maximum absolute atomic E-state index is 12.4. The summed E-state index contributed by atoms with van der Waals surface area (Å²) in [5, 5.41) is 9.02. The number of carboxylic acids is 1. The molecule has 0 aliphatic heterocycles. The Morgan fingerprint density at radius 1 is 0.512 bits per heavy atom. The van der Waals surface area contributed by atoms with E-state index in [1.807, 2.05) is 110 Å². The van der Waals surface area contributed by atoms with Crippen molar-refractivity contribution < 1.29 is 28.9 Å². The minimum Gasteiger partial charge on any atom is -0.489 e. The maximum Gasteiger partial charge on any atom is 0.338 e. The molecule has 0 saturated carbocycles. The van der Waals surface area contributed by atoms with Crippen LogP contribution in [0.5, 0.6) is 11.5 Å². The molecule has 0 bridgehead atoms. The Labute approximate surface area is 252 Å². The van der Waals surface area contributed by atoms with Gasteiger partial charge in [0.1, 0.15) is 31.3 Å². The summed E-state index contributed by atoms with van der Waals surface area (Å²) in [4.78, 5) is 23.4. The summed E-state index contributed by atoms with van der Waals surface area (Å²) in [6.07, 6.45) is 0. The normalized spacial score (nSPS) is 10.2.